The van der Waals surface area contributed by atoms with Crippen LogP contribution in [0.3, 0.4) is 0 Å². The maximum atomic E-state index is 13.6. The molecule has 36 heavy (non-hydrogen) atoms. The van der Waals surface area contributed by atoms with Gasteiger partial charge in [0.05, 0.1) is 19.8 Å². The van der Waals surface area contributed by atoms with Crippen molar-refractivity contribution < 1.29 is 38.5 Å². The van der Waals surface area contributed by atoms with E-state index in [-0.39, 0.29) is 11.7 Å². The number of fused-ring (bicyclic) bond motifs is 1. The number of hydrogen-bond acceptors (Lipinski definition) is 6. The number of benzene rings is 2. The molecule has 2 N–H and O–H groups in total. The van der Waals surface area contributed by atoms with Crippen LogP contribution in [0.5, 0.6) is 0 Å². The van der Waals surface area contributed by atoms with E-state index >= 15 is 0 Å². The lowest BCUT2D eigenvalue weighted by atomic mass is 9.81. The van der Waals surface area contributed by atoms with E-state index in [1.807, 2.05) is 35.2 Å². The summed E-state index contributed by atoms with van der Waals surface area (Å²) in [5, 5.41) is 14.8. The number of aliphatic carboxylic acids is 2. The molecule has 9 nitrogen and oxygen atoms in total. The van der Waals surface area contributed by atoms with Gasteiger partial charge in [-0.1, -0.05) is 18.2 Å². The third-order valence-corrected chi connectivity index (χ3v) is 6.19. The summed E-state index contributed by atoms with van der Waals surface area (Å²) in [5.74, 6) is -3.87. The summed E-state index contributed by atoms with van der Waals surface area (Å²) in [6.45, 7) is 3.79. The lowest BCUT2D eigenvalue weighted by Gasteiger charge is -2.31. The van der Waals surface area contributed by atoms with Crippen molar-refractivity contribution in [2.45, 2.75) is 25.0 Å². The molecule has 0 saturated carbocycles. The number of nitrogens with zero attached hydrogens (tertiary/aromatic N) is 2. The molecule has 0 aromatic heterocycles. The first-order valence-corrected chi connectivity index (χ1v) is 11.7. The summed E-state index contributed by atoms with van der Waals surface area (Å²) in [4.78, 5) is 35.1. The Morgan fingerprint density at radius 2 is 1.67 bits per heavy atom. The molecule has 0 aliphatic carbocycles. The summed E-state index contributed by atoms with van der Waals surface area (Å²) in [6.07, 6.45) is 1.73. The number of hydrogen-bond donors (Lipinski definition) is 2. The van der Waals surface area contributed by atoms with Gasteiger partial charge in [0.25, 0.3) is 5.91 Å². The maximum absolute atomic E-state index is 13.6. The highest BCUT2D eigenvalue weighted by Gasteiger charge is 2.41. The molecule has 4 rings (SSSR count). The Morgan fingerprint density at radius 1 is 1.03 bits per heavy atom. The Balaban J connectivity index is 0.000000538. The molecule has 2 aliphatic rings. The summed E-state index contributed by atoms with van der Waals surface area (Å²) >= 11 is 0. The first-order valence-electron chi connectivity index (χ1n) is 11.7. The number of carbonyl (C=O) groups is 3. The summed E-state index contributed by atoms with van der Waals surface area (Å²) in [7, 11) is 4.11. The van der Waals surface area contributed by atoms with Crippen molar-refractivity contribution in [3.63, 3.8) is 0 Å². The molecule has 1 saturated heterocycles. The number of amides is 1. The SMILES string of the molecule is CN(C)CCCC1(c2ccc(F)cc2)OCc2cc(C(=O)N3CCOCC3)ccc21.O=C(O)C(=O)O. The number of carboxylic acids is 2. The van der Waals surface area contributed by atoms with E-state index in [9.17, 15) is 9.18 Å². The standard InChI is InChI=1S/C24H29FN2O3.C2H2O4/c1-26(2)11-3-10-24(20-5-7-21(25)8-6-20)22-9-4-18(16-19(22)17-30-24)23(28)27-12-14-29-15-13-27;3-1(4)2(5)6/h4-9,16H,3,10-15,17H2,1-2H3;(H,3,4)(H,5,6). The van der Waals surface area contributed by atoms with Crippen LogP contribution in [0.2, 0.25) is 0 Å². The number of halogens is 1. The van der Waals surface area contributed by atoms with Gasteiger partial charge in [-0.3, -0.25) is 4.79 Å². The van der Waals surface area contributed by atoms with Crippen molar-refractivity contribution in [3.05, 3.63) is 70.5 Å². The highest BCUT2D eigenvalue weighted by molar-refractivity contribution is 6.27. The van der Waals surface area contributed by atoms with Crippen molar-refractivity contribution >= 4 is 17.8 Å². The van der Waals surface area contributed by atoms with Crippen molar-refractivity contribution in [2.75, 3.05) is 46.9 Å². The Bertz CT molecular complexity index is 1070. The largest absolute Gasteiger partial charge is 0.473 e. The molecule has 2 aromatic rings. The van der Waals surface area contributed by atoms with E-state index in [0.29, 0.717) is 38.5 Å². The first-order chi connectivity index (χ1) is 17.1. The Labute approximate surface area is 209 Å². The quantitative estimate of drug-likeness (QED) is 0.579. The monoisotopic (exact) mass is 502 g/mol. The molecular formula is C26H31FN2O7. The van der Waals surface area contributed by atoms with E-state index in [4.69, 9.17) is 29.3 Å². The molecule has 0 spiro atoms. The van der Waals surface area contributed by atoms with Crippen LogP contribution in [-0.4, -0.2) is 84.8 Å². The number of morpholine rings is 1. The van der Waals surface area contributed by atoms with Crippen LogP contribution < -0.4 is 0 Å². The van der Waals surface area contributed by atoms with E-state index in [0.717, 1.165) is 36.1 Å². The first kappa shape index (κ1) is 27.3. The lowest BCUT2D eigenvalue weighted by molar-refractivity contribution is -0.159. The molecule has 0 bridgehead atoms. The smallest absolute Gasteiger partial charge is 0.414 e. The Morgan fingerprint density at radius 3 is 2.25 bits per heavy atom. The second kappa shape index (κ2) is 12.1. The van der Waals surface area contributed by atoms with Crippen LogP contribution in [0.25, 0.3) is 0 Å². The molecular weight excluding hydrogens is 471 g/mol. The lowest BCUT2D eigenvalue weighted by Crippen LogP contribution is -2.40. The van der Waals surface area contributed by atoms with Crippen molar-refractivity contribution in [1.82, 2.24) is 9.80 Å². The predicted octanol–water partition coefficient (Wildman–Crippen LogP) is 2.57. The Hall–Kier alpha value is -3.34. The normalized spacial score (nSPS) is 18.8. The molecule has 2 heterocycles. The van der Waals surface area contributed by atoms with Crippen LogP contribution in [-0.2, 0) is 31.3 Å². The zero-order valence-electron chi connectivity index (χ0n) is 20.4. The summed E-state index contributed by atoms with van der Waals surface area (Å²) in [5.41, 5.74) is 3.13. The fraction of sp³-hybridized carbons (Fsp3) is 0.423. The van der Waals surface area contributed by atoms with Gasteiger partial charge >= 0.3 is 11.9 Å². The van der Waals surface area contributed by atoms with Gasteiger partial charge in [0.1, 0.15) is 11.4 Å². The van der Waals surface area contributed by atoms with Gasteiger partial charge in [-0.25, -0.2) is 14.0 Å². The van der Waals surface area contributed by atoms with Crippen LogP contribution in [0.15, 0.2) is 42.5 Å². The molecule has 1 amide bonds. The summed E-state index contributed by atoms with van der Waals surface area (Å²) in [6, 6.07) is 12.5. The van der Waals surface area contributed by atoms with Gasteiger partial charge < -0.3 is 29.5 Å². The van der Waals surface area contributed by atoms with Crippen LogP contribution in [0.4, 0.5) is 4.39 Å². The molecule has 2 aromatic carbocycles. The molecule has 10 heteroatoms. The van der Waals surface area contributed by atoms with Crippen molar-refractivity contribution in [3.8, 4) is 0 Å². The van der Waals surface area contributed by atoms with Crippen molar-refractivity contribution in [2.24, 2.45) is 0 Å². The predicted molar refractivity (Wildman–Crippen MR) is 128 cm³/mol. The molecule has 194 valence electrons. The molecule has 2 aliphatic heterocycles. The Kier molecular flexibility index (Phi) is 9.14. The van der Waals surface area contributed by atoms with Crippen LogP contribution in [0.1, 0.15) is 39.9 Å². The fourth-order valence-electron chi connectivity index (χ4n) is 4.42. The zero-order valence-corrected chi connectivity index (χ0v) is 20.4. The number of rotatable bonds is 6. The van der Waals surface area contributed by atoms with Gasteiger partial charge in [0, 0.05) is 18.7 Å². The van der Waals surface area contributed by atoms with Crippen LogP contribution >= 0.6 is 0 Å². The van der Waals surface area contributed by atoms with E-state index in [1.54, 1.807) is 0 Å². The second-order valence-corrected chi connectivity index (χ2v) is 8.92. The maximum Gasteiger partial charge on any atom is 0.414 e. The minimum atomic E-state index is -1.82. The van der Waals surface area contributed by atoms with E-state index < -0.39 is 17.5 Å². The zero-order chi connectivity index (χ0) is 26.3. The minimum Gasteiger partial charge on any atom is -0.473 e. The average Bonchev–Trinajstić information content (AvgIpc) is 3.23. The van der Waals surface area contributed by atoms with E-state index in [1.165, 1.54) is 12.1 Å². The fourth-order valence-corrected chi connectivity index (χ4v) is 4.42. The second-order valence-electron chi connectivity index (χ2n) is 8.92. The van der Waals surface area contributed by atoms with Gasteiger partial charge in [-0.15, -0.1) is 0 Å². The van der Waals surface area contributed by atoms with Crippen molar-refractivity contribution in [1.29, 1.82) is 0 Å². The third kappa shape index (κ3) is 6.45. The van der Waals surface area contributed by atoms with E-state index in [2.05, 4.69) is 19.0 Å². The number of carboxylic acid groups (broad SMARTS) is 2. The number of ether oxygens (including phenoxy) is 2. The minimum absolute atomic E-state index is 0.0352. The molecule has 1 atom stereocenters. The number of carbonyl (C=O) groups excluding carboxylic acids is 1. The third-order valence-electron chi connectivity index (χ3n) is 6.19. The summed E-state index contributed by atoms with van der Waals surface area (Å²) < 4.78 is 25.3. The van der Waals surface area contributed by atoms with Gasteiger partial charge in [0.2, 0.25) is 0 Å². The van der Waals surface area contributed by atoms with Gasteiger partial charge in [0.15, 0.2) is 0 Å². The highest BCUT2D eigenvalue weighted by Crippen LogP contribution is 2.45. The molecule has 0 radical (unpaired) electrons. The average molecular weight is 503 g/mol. The van der Waals surface area contributed by atoms with Gasteiger partial charge in [-0.2, -0.15) is 0 Å². The molecule has 1 fully saturated rings. The topological polar surface area (TPSA) is 117 Å². The molecule has 1 unspecified atom stereocenters. The van der Waals surface area contributed by atoms with Gasteiger partial charge in [-0.05, 0) is 74.4 Å². The highest BCUT2D eigenvalue weighted by atomic mass is 19.1. The van der Waals surface area contributed by atoms with Crippen LogP contribution in [0, 0.1) is 5.82 Å².